The van der Waals surface area contributed by atoms with E-state index in [9.17, 15) is 9.59 Å². The number of hydrogen-bond acceptors (Lipinski definition) is 3. The molecule has 0 bridgehead atoms. The SMILES string of the molecule is O=C(NCCc1ccc(Cl)cc1)C(=O)Nc1ccc(Oc2ccccc2)cc1. The number of anilines is 1. The van der Waals surface area contributed by atoms with E-state index in [1.54, 1.807) is 36.4 Å². The maximum atomic E-state index is 12.0. The number of halogens is 1. The van der Waals surface area contributed by atoms with Crippen LogP contribution in [0.15, 0.2) is 78.9 Å². The molecule has 0 aliphatic rings. The molecule has 3 rings (SSSR count). The number of nitrogens with one attached hydrogen (secondary N) is 2. The summed E-state index contributed by atoms with van der Waals surface area (Å²) in [4.78, 5) is 23.9. The maximum Gasteiger partial charge on any atom is 0.313 e. The first-order valence-corrected chi connectivity index (χ1v) is 9.14. The van der Waals surface area contributed by atoms with Crippen molar-refractivity contribution < 1.29 is 14.3 Å². The van der Waals surface area contributed by atoms with Gasteiger partial charge in [-0.3, -0.25) is 9.59 Å². The second-order valence-corrected chi connectivity index (χ2v) is 6.46. The van der Waals surface area contributed by atoms with Gasteiger partial charge in [0.05, 0.1) is 0 Å². The molecule has 5 nitrogen and oxygen atoms in total. The molecule has 142 valence electrons. The van der Waals surface area contributed by atoms with Crippen LogP contribution in [-0.2, 0) is 16.0 Å². The fourth-order valence-corrected chi connectivity index (χ4v) is 2.60. The summed E-state index contributed by atoms with van der Waals surface area (Å²) in [5, 5.41) is 5.83. The predicted octanol–water partition coefficient (Wildman–Crippen LogP) is 4.43. The molecule has 0 aliphatic heterocycles. The van der Waals surface area contributed by atoms with Gasteiger partial charge < -0.3 is 15.4 Å². The summed E-state index contributed by atoms with van der Waals surface area (Å²) in [7, 11) is 0. The Kier molecular flexibility index (Phi) is 6.65. The lowest BCUT2D eigenvalue weighted by atomic mass is 10.1. The number of carbonyl (C=O) groups excluding carboxylic acids is 2. The van der Waals surface area contributed by atoms with Crippen LogP contribution in [0.4, 0.5) is 5.69 Å². The van der Waals surface area contributed by atoms with Gasteiger partial charge >= 0.3 is 11.8 Å². The minimum atomic E-state index is -0.715. The summed E-state index contributed by atoms with van der Waals surface area (Å²) in [6, 6.07) is 23.5. The minimum Gasteiger partial charge on any atom is -0.457 e. The lowest BCUT2D eigenvalue weighted by molar-refractivity contribution is -0.136. The molecule has 0 saturated carbocycles. The zero-order valence-corrected chi connectivity index (χ0v) is 15.8. The van der Waals surface area contributed by atoms with Gasteiger partial charge in [0.1, 0.15) is 11.5 Å². The molecule has 0 fully saturated rings. The van der Waals surface area contributed by atoms with Crippen molar-refractivity contribution in [3.05, 3.63) is 89.4 Å². The second kappa shape index (κ2) is 9.58. The van der Waals surface area contributed by atoms with Crippen LogP contribution in [0, 0.1) is 0 Å². The van der Waals surface area contributed by atoms with Crippen LogP contribution in [0.1, 0.15) is 5.56 Å². The number of rotatable bonds is 6. The zero-order chi connectivity index (χ0) is 19.8. The molecule has 0 heterocycles. The van der Waals surface area contributed by atoms with Crippen molar-refractivity contribution in [3.8, 4) is 11.5 Å². The van der Waals surface area contributed by atoms with E-state index in [4.69, 9.17) is 16.3 Å². The van der Waals surface area contributed by atoms with Crippen molar-refractivity contribution >= 4 is 29.1 Å². The smallest absolute Gasteiger partial charge is 0.313 e. The summed E-state index contributed by atoms with van der Waals surface area (Å²) < 4.78 is 5.69. The predicted molar refractivity (Wildman–Crippen MR) is 110 cm³/mol. The third-order valence-electron chi connectivity index (χ3n) is 3.91. The highest BCUT2D eigenvalue weighted by Gasteiger charge is 2.13. The number of para-hydroxylation sites is 1. The zero-order valence-electron chi connectivity index (χ0n) is 15.0. The Hall–Kier alpha value is -3.31. The third-order valence-corrected chi connectivity index (χ3v) is 4.16. The molecule has 0 spiro atoms. The molecule has 0 saturated heterocycles. The standard InChI is InChI=1S/C22H19ClN2O3/c23-17-8-6-16(7-9-17)14-15-24-21(26)22(27)25-18-10-12-20(13-11-18)28-19-4-2-1-3-5-19/h1-13H,14-15H2,(H,24,26)(H,25,27). The van der Waals surface area contributed by atoms with Gasteiger partial charge in [0.25, 0.3) is 0 Å². The van der Waals surface area contributed by atoms with Gasteiger partial charge in [-0.05, 0) is 60.5 Å². The van der Waals surface area contributed by atoms with Crippen LogP contribution in [0.3, 0.4) is 0 Å². The van der Waals surface area contributed by atoms with Gasteiger partial charge in [-0.2, -0.15) is 0 Å². The third kappa shape index (κ3) is 5.86. The highest BCUT2D eigenvalue weighted by Crippen LogP contribution is 2.22. The number of amides is 2. The number of ether oxygens (including phenoxy) is 1. The maximum absolute atomic E-state index is 12.0. The van der Waals surface area contributed by atoms with Crippen LogP contribution in [0.25, 0.3) is 0 Å². The Morgan fingerprint density at radius 1 is 0.786 bits per heavy atom. The van der Waals surface area contributed by atoms with Crippen LogP contribution >= 0.6 is 11.6 Å². The highest BCUT2D eigenvalue weighted by molar-refractivity contribution is 6.39. The number of carbonyl (C=O) groups is 2. The van der Waals surface area contributed by atoms with E-state index < -0.39 is 11.8 Å². The molecular formula is C22H19ClN2O3. The van der Waals surface area contributed by atoms with Crippen molar-refractivity contribution in [1.29, 1.82) is 0 Å². The first-order valence-electron chi connectivity index (χ1n) is 8.77. The fourth-order valence-electron chi connectivity index (χ4n) is 2.47. The van der Waals surface area contributed by atoms with E-state index in [2.05, 4.69) is 10.6 Å². The van der Waals surface area contributed by atoms with Crippen molar-refractivity contribution in [2.45, 2.75) is 6.42 Å². The monoisotopic (exact) mass is 394 g/mol. The summed E-state index contributed by atoms with van der Waals surface area (Å²) in [5.41, 5.74) is 1.54. The lowest BCUT2D eigenvalue weighted by Gasteiger charge is -2.08. The Bertz CT molecular complexity index is 926. The van der Waals surface area contributed by atoms with Gasteiger partial charge in [0.15, 0.2) is 0 Å². The molecule has 28 heavy (non-hydrogen) atoms. The van der Waals surface area contributed by atoms with Crippen LogP contribution in [0.2, 0.25) is 5.02 Å². The quantitative estimate of drug-likeness (QED) is 0.608. The largest absolute Gasteiger partial charge is 0.457 e. The Balaban J connectivity index is 1.45. The molecule has 0 aromatic heterocycles. The second-order valence-electron chi connectivity index (χ2n) is 6.03. The van der Waals surface area contributed by atoms with Gasteiger partial charge in [-0.25, -0.2) is 0 Å². The van der Waals surface area contributed by atoms with Crippen LogP contribution in [-0.4, -0.2) is 18.4 Å². The van der Waals surface area contributed by atoms with Gasteiger partial charge in [0.2, 0.25) is 0 Å². The highest BCUT2D eigenvalue weighted by atomic mass is 35.5. The fraction of sp³-hybridized carbons (Fsp3) is 0.0909. The average molecular weight is 395 g/mol. The normalized spacial score (nSPS) is 10.2. The van der Waals surface area contributed by atoms with Crippen molar-refractivity contribution in [1.82, 2.24) is 5.32 Å². The molecule has 0 radical (unpaired) electrons. The van der Waals surface area contributed by atoms with Gasteiger partial charge in [-0.15, -0.1) is 0 Å². The van der Waals surface area contributed by atoms with Crippen molar-refractivity contribution in [2.75, 3.05) is 11.9 Å². The number of hydrogen-bond donors (Lipinski definition) is 2. The molecule has 0 unspecified atom stereocenters. The van der Waals surface area contributed by atoms with E-state index in [-0.39, 0.29) is 0 Å². The molecule has 3 aromatic rings. The van der Waals surface area contributed by atoms with Crippen molar-refractivity contribution in [2.24, 2.45) is 0 Å². The first-order chi connectivity index (χ1) is 13.6. The van der Waals surface area contributed by atoms with Crippen LogP contribution in [0.5, 0.6) is 11.5 Å². The van der Waals surface area contributed by atoms with E-state index in [0.29, 0.717) is 29.4 Å². The van der Waals surface area contributed by atoms with E-state index in [1.165, 1.54) is 0 Å². The molecule has 3 aromatic carbocycles. The first kappa shape index (κ1) is 19.5. The van der Waals surface area contributed by atoms with Gasteiger partial charge in [-0.1, -0.05) is 41.9 Å². The van der Waals surface area contributed by atoms with Crippen LogP contribution < -0.4 is 15.4 Å². The lowest BCUT2D eigenvalue weighted by Crippen LogP contribution is -2.36. The molecule has 2 N–H and O–H groups in total. The minimum absolute atomic E-state index is 0.359. The molecule has 6 heteroatoms. The Labute approximate surface area is 168 Å². The summed E-state index contributed by atoms with van der Waals surface area (Å²) >= 11 is 5.83. The molecular weight excluding hydrogens is 376 g/mol. The summed E-state index contributed by atoms with van der Waals surface area (Å²) in [6.45, 7) is 0.359. The Morgan fingerprint density at radius 3 is 2.11 bits per heavy atom. The van der Waals surface area contributed by atoms with E-state index in [0.717, 1.165) is 11.3 Å². The van der Waals surface area contributed by atoms with Gasteiger partial charge in [0, 0.05) is 17.3 Å². The van der Waals surface area contributed by atoms with E-state index in [1.807, 2.05) is 42.5 Å². The van der Waals surface area contributed by atoms with E-state index >= 15 is 0 Å². The molecule has 0 atom stereocenters. The summed E-state index contributed by atoms with van der Waals surface area (Å²) in [5.74, 6) is -0.0395. The number of benzene rings is 3. The molecule has 2 amide bonds. The average Bonchev–Trinajstić information content (AvgIpc) is 2.71. The Morgan fingerprint density at radius 2 is 1.43 bits per heavy atom. The van der Waals surface area contributed by atoms with Crippen molar-refractivity contribution in [3.63, 3.8) is 0 Å². The summed E-state index contributed by atoms with van der Waals surface area (Å²) in [6.07, 6.45) is 0.613. The topological polar surface area (TPSA) is 67.4 Å². The molecule has 0 aliphatic carbocycles.